The number of carbonyl (C=O) groups is 2. The number of Topliss-reactive ketones (excluding diaryl/α,β-unsaturated/α-hetero) is 1. The SMILES string of the molecule is CCn1c(=O)c(C(=O)COC(=O)c2ccc(F)cc2F)c(N)n(Cc2ccccc2)c1=O. The molecule has 0 bridgehead atoms. The summed E-state index contributed by atoms with van der Waals surface area (Å²) in [5.74, 6) is -4.60. The molecule has 3 aromatic rings. The first-order valence-corrected chi connectivity index (χ1v) is 9.57. The van der Waals surface area contributed by atoms with Crippen molar-refractivity contribution in [2.24, 2.45) is 0 Å². The predicted molar refractivity (Wildman–Crippen MR) is 112 cm³/mol. The monoisotopic (exact) mass is 443 g/mol. The van der Waals surface area contributed by atoms with Gasteiger partial charge in [0.15, 0.2) is 6.61 Å². The third-order valence-corrected chi connectivity index (χ3v) is 4.73. The Kier molecular flexibility index (Phi) is 6.62. The zero-order valence-corrected chi connectivity index (χ0v) is 17.0. The fourth-order valence-electron chi connectivity index (χ4n) is 3.11. The summed E-state index contributed by atoms with van der Waals surface area (Å²) in [5, 5.41) is 0. The van der Waals surface area contributed by atoms with Crippen LogP contribution >= 0.6 is 0 Å². The summed E-state index contributed by atoms with van der Waals surface area (Å²) < 4.78 is 33.5. The topological polar surface area (TPSA) is 113 Å². The number of hydrogen-bond acceptors (Lipinski definition) is 6. The molecule has 1 aromatic heterocycles. The number of nitrogens with two attached hydrogens (primary N) is 1. The van der Waals surface area contributed by atoms with E-state index < -0.39 is 52.4 Å². The van der Waals surface area contributed by atoms with Crippen LogP contribution in [0.2, 0.25) is 0 Å². The second-order valence-corrected chi connectivity index (χ2v) is 6.79. The highest BCUT2D eigenvalue weighted by Gasteiger charge is 2.24. The van der Waals surface area contributed by atoms with Crippen molar-refractivity contribution in [1.29, 1.82) is 0 Å². The molecule has 0 saturated heterocycles. The molecule has 0 aliphatic carbocycles. The first kappa shape index (κ1) is 22.6. The number of ether oxygens (including phenoxy) is 1. The van der Waals surface area contributed by atoms with Crippen LogP contribution in [-0.2, 0) is 17.8 Å². The van der Waals surface area contributed by atoms with Crippen molar-refractivity contribution >= 4 is 17.6 Å². The predicted octanol–water partition coefficient (Wildman–Crippen LogP) is 1.98. The molecule has 0 radical (unpaired) electrons. The Labute approximate surface area is 180 Å². The number of ketones is 1. The molecule has 0 fully saturated rings. The Hall–Kier alpha value is -4.08. The molecule has 0 aliphatic rings. The normalized spacial score (nSPS) is 10.7. The van der Waals surface area contributed by atoms with Gasteiger partial charge in [-0.2, -0.15) is 0 Å². The summed E-state index contributed by atoms with van der Waals surface area (Å²) in [4.78, 5) is 50.2. The van der Waals surface area contributed by atoms with E-state index in [1.165, 1.54) is 0 Å². The van der Waals surface area contributed by atoms with E-state index in [9.17, 15) is 28.0 Å². The fourth-order valence-corrected chi connectivity index (χ4v) is 3.11. The molecule has 2 aromatic carbocycles. The average Bonchev–Trinajstić information content (AvgIpc) is 2.76. The molecular weight excluding hydrogens is 424 g/mol. The molecule has 166 valence electrons. The van der Waals surface area contributed by atoms with Crippen LogP contribution in [0.15, 0.2) is 58.1 Å². The summed E-state index contributed by atoms with van der Waals surface area (Å²) in [6.07, 6.45) is 0. The minimum Gasteiger partial charge on any atom is -0.454 e. The number of nitrogen functional groups attached to an aromatic ring is 1. The number of anilines is 1. The van der Waals surface area contributed by atoms with Gasteiger partial charge in [-0.15, -0.1) is 0 Å². The lowest BCUT2D eigenvalue weighted by Crippen LogP contribution is -2.44. The maximum Gasteiger partial charge on any atom is 0.341 e. The summed E-state index contributed by atoms with van der Waals surface area (Å²) in [6, 6.07) is 11.0. The van der Waals surface area contributed by atoms with Gasteiger partial charge in [0, 0.05) is 12.6 Å². The number of halogens is 2. The van der Waals surface area contributed by atoms with E-state index in [1.807, 2.05) is 0 Å². The number of esters is 1. The average molecular weight is 443 g/mol. The summed E-state index contributed by atoms with van der Waals surface area (Å²) >= 11 is 0. The van der Waals surface area contributed by atoms with Gasteiger partial charge < -0.3 is 10.5 Å². The van der Waals surface area contributed by atoms with Crippen LogP contribution in [-0.4, -0.2) is 27.5 Å². The fraction of sp³-hybridized carbons (Fsp3) is 0.182. The van der Waals surface area contributed by atoms with E-state index in [-0.39, 0.29) is 18.9 Å². The number of rotatable bonds is 7. The molecule has 32 heavy (non-hydrogen) atoms. The number of benzene rings is 2. The number of nitrogens with zero attached hydrogens (tertiary/aromatic N) is 2. The molecule has 1 heterocycles. The van der Waals surface area contributed by atoms with Crippen molar-refractivity contribution in [3.8, 4) is 0 Å². The molecule has 10 heteroatoms. The van der Waals surface area contributed by atoms with Crippen molar-refractivity contribution in [3.63, 3.8) is 0 Å². The number of aromatic nitrogens is 2. The van der Waals surface area contributed by atoms with Gasteiger partial charge in [-0.1, -0.05) is 30.3 Å². The summed E-state index contributed by atoms with van der Waals surface area (Å²) in [5.41, 5.74) is 4.00. The quantitative estimate of drug-likeness (QED) is 0.441. The van der Waals surface area contributed by atoms with Gasteiger partial charge in [-0.25, -0.2) is 18.4 Å². The Morgan fingerprint density at radius 3 is 2.34 bits per heavy atom. The molecule has 8 nitrogen and oxygen atoms in total. The maximum absolute atomic E-state index is 13.7. The largest absolute Gasteiger partial charge is 0.454 e. The summed E-state index contributed by atoms with van der Waals surface area (Å²) in [6.45, 7) is 0.611. The van der Waals surface area contributed by atoms with Crippen molar-refractivity contribution < 1.29 is 23.1 Å². The molecule has 0 amide bonds. The Morgan fingerprint density at radius 1 is 1.03 bits per heavy atom. The highest BCUT2D eigenvalue weighted by molar-refractivity contribution is 6.02. The Bertz CT molecular complexity index is 1300. The van der Waals surface area contributed by atoms with Crippen molar-refractivity contribution in [2.45, 2.75) is 20.0 Å². The molecule has 0 spiro atoms. The molecular formula is C22H19F2N3O5. The van der Waals surface area contributed by atoms with Crippen LogP contribution in [0.1, 0.15) is 33.2 Å². The standard InChI is InChI=1S/C22H19F2N3O5/c1-2-26-20(29)18(19(25)27(22(26)31)11-13-6-4-3-5-7-13)17(28)12-32-21(30)15-9-8-14(23)10-16(15)24/h3-10H,2,11-12,25H2,1H3. The van der Waals surface area contributed by atoms with Crippen molar-refractivity contribution in [3.05, 3.63) is 97.7 Å². The van der Waals surface area contributed by atoms with Gasteiger partial charge in [-0.05, 0) is 24.6 Å². The minimum absolute atomic E-state index is 0.00659. The molecule has 0 unspecified atom stereocenters. The van der Waals surface area contributed by atoms with Crippen LogP contribution in [0.5, 0.6) is 0 Å². The molecule has 0 saturated carbocycles. The zero-order valence-electron chi connectivity index (χ0n) is 17.0. The Morgan fingerprint density at radius 2 is 1.72 bits per heavy atom. The maximum atomic E-state index is 13.7. The van der Waals surface area contributed by atoms with E-state index in [1.54, 1.807) is 37.3 Å². The highest BCUT2D eigenvalue weighted by Crippen LogP contribution is 2.13. The van der Waals surface area contributed by atoms with Crippen LogP contribution in [0, 0.1) is 11.6 Å². The van der Waals surface area contributed by atoms with Crippen LogP contribution in [0.3, 0.4) is 0 Å². The minimum atomic E-state index is -1.22. The lowest BCUT2D eigenvalue weighted by Gasteiger charge is -2.16. The van der Waals surface area contributed by atoms with E-state index in [4.69, 9.17) is 10.5 Å². The van der Waals surface area contributed by atoms with Gasteiger partial charge in [-0.3, -0.25) is 18.7 Å². The third-order valence-electron chi connectivity index (χ3n) is 4.73. The zero-order chi connectivity index (χ0) is 23.4. The first-order valence-electron chi connectivity index (χ1n) is 9.57. The first-order chi connectivity index (χ1) is 15.2. The van der Waals surface area contributed by atoms with Crippen LogP contribution in [0.25, 0.3) is 0 Å². The van der Waals surface area contributed by atoms with E-state index >= 15 is 0 Å². The second-order valence-electron chi connectivity index (χ2n) is 6.79. The van der Waals surface area contributed by atoms with E-state index in [0.29, 0.717) is 11.6 Å². The van der Waals surface area contributed by atoms with Gasteiger partial charge in [0.25, 0.3) is 5.56 Å². The van der Waals surface area contributed by atoms with Crippen molar-refractivity contribution in [2.75, 3.05) is 12.3 Å². The van der Waals surface area contributed by atoms with E-state index in [2.05, 4.69) is 0 Å². The van der Waals surface area contributed by atoms with E-state index in [0.717, 1.165) is 21.3 Å². The van der Waals surface area contributed by atoms with Gasteiger partial charge >= 0.3 is 11.7 Å². The molecule has 3 rings (SSSR count). The smallest absolute Gasteiger partial charge is 0.341 e. The van der Waals surface area contributed by atoms with Gasteiger partial charge in [0.05, 0.1) is 12.1 Å². The van der Waals surface area contributed by atoms with Crippen molar-refractivity contribution in [1.82, 2.24) is 9.13 Å². The number of hydrogen-bond donors (Lipinski definition) is 1. The Balaban J connectivity index is 1.93. The van der Waals surface area contributed by atoms with Crippen LogP contribution in [0.4, 0.5) is 14.6 Å². The lowest BCUT2D eigenvalue weighted by atomic mass is 10.1. The summed E-state index contributed by atoms with van der Waals surface area (Å²) in [7, 11) is 0. The third kappa shape index (κ3) is 4.48. The second kappa shape index (κ2) is 9.38. The molecule has 2 N–H and O–H groups in total. The van der Waals surface area contributed by atoms with Gasteiger partial charge in [0.2, 0.25) is 5.78 Å². The number of carbonyl (C=O) groups excluding carboxylic acids is 2. The molecule has 0 aliphatic heterocycles. The van der Waals surface area contributed by atoms with Gasteiger partial charge in [0.1, 0.15) is 23.0 Å². The highest BCUT2D eigenvalue weighted by atomic mass is 19.1. The molecule has 0 atom stereocenters. The lowest BCUT2D eigenvalue weighted by molar-refractivity contribution is 0.0469. The van der Waals surface area contributed by atoms with Crippen LogP contribution < -0.4 is 17.0 Å².